The quantitative estimate of drug-likeness (QED) is 0.587. The van der Waals surface area contributed by atoms with Crippen molar-refractivity contribution in [2.75, 3.05) is 26.7 Å². The number of methoxy groups -OCH3 is 1. The number of hydrogen-bond donors (Lipinski definition) is 1. The van der Waals surface area contributed by atoms with Gasteiger partial charge in [0.25, 0.3) is 5.56 Å². The highest BCUT2D eigenvalue weighted by atomic mass is 32.1. The number of esters is 1. The molecular weight excluding hydrogens is 398 g/mol. The fourth-order valence-corrected chi connectivity index (χ4v) is 4.93. The van der Waals surface area contributed by atoms with Crippen molar-refractivity contribution in [3.05, 3.63) is 70.1 Å². The third kappa shape index (κ3) is 4.41. The number of ether oxygens (including phenoxy) is 1. The molecule has 3 atom stereocenters. The van der Waals surface area contributed by atoms with Gasteiger partial charge in [-0.15, -0.1) is 0 Å². The Hall–Kier alpha value is -2.67. The Bertz CT molecular complexity index is 975. The molecule has 1 saturated heterocycles. The highest BCUT2D eigenvalue weighted by Crippen LogP contribution is 2.35. The van der Waals surface area contributed by atoms with Crippen LogP contribution in [0.15, 0.2) is 53.3 Å². The molecule has 7 heteroatoms. The Balaban J connectivity index is 1.42. The molecule has 2 aromatic rings. The van der Waals surface area contributed by atoms with Crippen LogP contribution in [0.2, 0.25) is 0 Å². The Kier molecular flexibility index (Phi) is 6.18. The maximum Gasteiger partial charge on any atom is 0.306 e. The number of carbonyl (C=O) groups is 1. The predicted molar refractivity (Wildman–Crippen MR) is 120 cm³/mol. The van der Waals surface area contributed by atoms with Gasteiger partial charge >= 0.3 is 5.97 Å². The summed E-state index contributed by atoms with van der Waals surface area (Å²) in [5, 5.41) is 4.10. The summed E-state index contributed by atoms with van der Waals surface area (Å²) in [6.45, 7) is 2.97. The van der Waals surface area contributed by atoms with Crippen LogP contribution in [0.25, 0.3) is 0 Å². The average molecular weight is 426 g/mol. The molecule has 2 aliphatic rings. The van der Waals surface area contributed by atoms with Crippen LogP contribution in [0.5, 0.6) is 0 Å². The molecule has 30 heavy (non-hydrogen) atoms. The molecule has 0 unspecified atom stereocenters. The lowest BCUT2D eigenvalue weighted by Crippen LogP contribution is -2.52. The summed E-state index contributed by atoms with van der Waals surface area (Å²) >= 11 is 5.72. The Morgan fingerprint density at radius 1 is 1.17 bits per heavy atom. The first kappa shape index (κ1) is 20.6. The van der Waals surface area contributed by atoms with Gasteiger partial charge in [-0.05, 0) is 36.2 Å². The van der Waals surface area contributed by atoms with Crippen LogP contribution in [0.3, 0.4) is 0 Å². The maximum absolute atomic E-state index is 12.2. The lowest BCUT2D eigenvalue weighted by atomic mass is 9.83. The van der Waals surface area contributed by atoms with Crippen LogP contribution < -0.4 is 10.9 Å². The monoisotopic (exact) mass is 425 g/mol. The number of benzene rings is 1. The van der Waals surface area contributed by atoms with Gasteiger partial charge in [-0.1, -0.05) is 36.4 Å². The number of nitrogens with zero attached hydrogens (tertiary/aromatic N) is 2. The number of hydrogen-bond acceptors (Lipinski definition) is 4. The van der Waals surface area contributed by atoms with Gasteiger partial charge in [-0.25, -0.2) is 0 Å². The van der Waals surface area contributed by atoms with E-state index >= 15 is 0 Å². The number of rotatable bonds is 5. The summed E-state index contributed by atoms with van der Waals surface area (Å²) in [6, 6.07) is 15.5. The van der Waals surface area contributed by atoms with Gasteiger partial charge in [0, 0.05) is 49.8 Å². The van der Waals surface area contributed by atoms with Crippen LogP contribution in [-0.4, -0.2) is 47.3 Å². The topological polar surface area (TPSA) is 63.6 Å². The standard InChI is InChI=1S/C23H27N3O3S/c1-29-22(28)11-18(17-6-3-2-4-7-17)12-24-23(30)25-13-16-10-19(15-25)20-8-5-9-21(27)26(20)14-16/h2-9,16,18-19H,10-15H2,1H3,(H,24,30)/t16-,18-,19+/m0/s1. The number of carbonyl (C=O) groups excluding carboxylic acids is 1. The highest BCUT2D eigenvalue weighted by molar-refractivity contribution is 7.80. The van der Waals surface area contributed by atoms with E-state index in [4.69, 9.17) is 17.0 Å². The van der Waals surface area contributed by atoms with Gasteiger partial charge in [-0.2, -0.15) is 0 Å². The van der Waals surface area contributed by atoms with Crippen LogP contribution in [0.4, 0.5) is 0 Å². The summed E-state index contributed by atoms with van der Waals surface area (Å²) in [4.78, 5) is 26.3. The van der Waals surface area contributed by atoms with E-state index in [1.54, 1.807) is 6.07 Å². The van der Waals surface area contributed by atoms with Crippen molar-refractivity contribution in [1.29, 1.82) is 0 Å². The van der Waals surface area contributed by atoms with E-state index in [2.05, 4.69) is 16.3 Å². The number of nitrogens with one attached hydrogen (secondary N) is 1. The second-order valence-electron chi connectivity index (χ2n) is 8.18. The van der Waals surface area contributed by atoms with E-state index in [9.17, 15) is 9.59 Å². The largest absolute Gasteiger partial charge is 0.469 e. The second-order valence-corrected chi connectivity index (χ2v) is 8.56. The van der Waals surface area contributed by atoms with Crippen LogP contribution >= 0.6 is 12.2 Å². The molecule has 2 bridgehead atoms. The van der Waals surface area contributed by atoms with E-state index in [1.807, 2.05) is 41.0 Å². The average Bonchev–Trinajstić information content (AvgIpc) is 2.77. The Labute approximate surface area is 181 Å². The van der Waals surface area contributed by atoms with E-state index in [0.29, 0.717) is 29.9 Å². The molecule has 6 nitrogen and oxygen atoms in total. The predicted octanol–water partition coefficient (Wildman–Crippen LogP) is 2.49. The lowest BCUT2D eigenvalue weighted by Gasteiger charge is -2.43. The number of thiocarbonyl (C=S) groups is 1. The zero-order valence-electron chi connectivity index (χ0n) is 17.1. The number of piperidine rings is 1. The van der Waals surface area contributed by atoms with Crippen molar-refractivity contribution in [2.45, 2.75) is 31.2 Å². The number of fused-ring (bicyclic) bond motifs is 4. The molecule has 0 aliphatic carbocycles. The van der Waals surface area contributed by atoms with E-state index < -0.39 is 0 Å². The van der Waals surface area contributed by atoms with Gasteiger partial charge in [0.05, 0.1) is 13.5 Å². The van der Waals surface area contributed by atoms with Crippen molar-refractivity contribution in [2.24, 2.45) is 5.92 Å². The fourth-order valence-electron chi connectivity index (χ4n) is 4.70. The fraction of sp³-hybridized carbons (Fsp3) is 0.435. The summed E-state index contributed by atoms with van der Waals surface area (Å²) in [7, 11) is 1.41. The summed E-state index contributed by atoms with van der Waals surface area (Å²) < 4.78 is 6.81. The smallest absolute Gasteiger partial charge is 0.306 e. The first-order chi connectivity index (χ1) is 14.5. The van der Waals surface area contributed by atoms with Crippen molar-refractivity contribution < 1.29 is 9.53 Å². The first-order valence-electron chi connectivity index (χ1n) is 10.4. The molecule has 3 heterocycles. The molecule has 0 radical (unpaired) electrons. The molecular formula is C23H27N3O3S. The molecule has 0 amide bonds. The summed E-state index contributed by atoms with van der Waals surface area (Å²) in [5.74, 6) is 0.480. The molecule has 1 aromatic heterocycles. The van der Waals surface area contributed by atoms with Gasteiger partial charge in [0.2, 0.25) is 0 Å². The molecule has 0 saturated carbocycles. The van der Waals surface area contributed by atoms with Crippen LogP contribution in [0.1, 0.15) is 35.9 Å². The minimum Gasteiger partial charge on any atom is -0.469 e. The number of aromatic nitrogens is 1. The molecule has 1 fully saturated rings. The van der Waals surface area contributed by atoms with Gasteiger partial charge in [0.1, 0.15) is 0 Å². The van der Waals surface area contributed by atoms with Crippen LogP contribution in [-0.2, 0) is 16.1 Å². The maximum atomic E-state index is 12.2. The van der Waals surface area contributed by atoms with Crippen molar-refractivity contribution in [3.63, 3.8) is 0 Å². The van der Waals surface area contributed by atoms with Crippen LogP contribution in [0, 0.1) is 5.92 Å². The summed E-state index contributed by atoms with van der Waals surface area (Å²) in [6.07, 6.45) is 1.40. The summed E-state index contributed by atoms with van der Waals surface area (Å²) in [5.41, 5.74) is 2.28. The van der Waals surface area contributed by atoms with E-state index in [1.165, 1.54) is 7.11 Å². The lowest BCUT2D eigenvalue weighted by molar-refractivity contribution is -0.141. The van der Waals surface area contributed by atoms with Gasteiger partial charge < -0.3 is 19.5 Å². The molecule has 1 N–H and O–H groups in total. The molecule has 0 spiro atoms. The highest BCUT2D eigenvalue weighted by Gasteiger charge is 2.35. The molecule has 4 rings (SSSR count). The zero-order chi connectivity index (χ0) is 21.1. The van der Waals surface area contributed by atoms with E-state index in [0.717, 1.165) is 37.3 Å². The number of pyridine rings is 1. The Morgan fingerprint density at radius 3 is 2.73 bits per heavy atom. The minimum absolute atomic E-state index is 0.0137. The first-order valence-corrected chi connectivity index (χ1v) is 10.8. The molecule has 158 valence electrons. The van der Waals surface area contributed by atoms with Gasteiger partial charge in [-0.3, -0.25) is 9.59 Å². The van der Waals surface area contributed by atoms with Crippen molar-refractivity contribution in [3.8, 4) is 0 Å². The normalized spacial score (nSPS) is 20.8. The Morgan fingerprint density at radius 2 is 1.97 bits per heavy atom. The van der Waals surface area contributed by atoms with Crippen molar-refractivity contribution in [1.82, 2.24) is 14.8 Å². The zero-order valence-corrected chi connectivity index (χ0v) is 17.9. The minimum atomic E-state index is -0.230. The third-order valence-electron chi connectivity index (χ3n) is 6.18. The molecule has 1 aromatic carbocycles. The SMILES string of the molecule is COC(=O)C[C@@H](CNC(=S)N1C[C@@H]2C[C@H](C1)c1cccc(=O)n1C2)c1ccccc1. The van der Waals surface area contributed by atoms with E-state index in [-0.39, 0.29) is 17.4 Å². The third-order valence-corrected chi connectivity index (χ3v) is 6.58. The second kappa shape index (κ2) is 9.00. The van der Waals surface area contributed by atoms with Crippen molar-refractivity contribution >= 4 is 23.3 Å². The molecule has 2 aliphatic heterocycles. The van der Waals surface area contributed by atoms with Gasteiger partial charge in [0.15, 0.2) is 5.11 Å². The number of likely N-dealkylation sites (tertiary alicyclic amines) is 1.